The van der Waals surface area contributed by atoms with Crippen LogP contribution in [0.5, 0.6) is 5.75 Å². The molecule has 0 aromatic heterocycles. The lowest BCUT2D eigenvalue weighted by molar-refractivity contribution is 0.137. The number of nitrogens with two attached hydrogens (primary N) is 1. The zero-order valence-corrected chi connectivity index (χ0v) is 12.1. The highest BCUT2D eigenvalue weighted by Crippen LogP contribution is 2.32. The molecule has 1 aromatic carbocycles. The fourth-order valence-electron chi connectivity index (χ4n) is 3.07. The van der Waals surface area contributed by atoms with Crippen molar-refractivity contribution in [3.8, 4) is 5.75 Å². The third kappa shape index (κ3) is 3.48. The minimum absolute atomic E-state index is 0.290. The Hall–Kier alpha value is -1.06. The largest absolute Gasteiger partial charge is 0.508 e. The number of phenolic OH excluding ortho intramolecular Hbond substituents is 1. The molecule has 1 unspecified atom stereocenters. The minimum Gasteiger partial charge on any atom is -0.508 e. The van der Waals surface area contributed by atoms with Gasteiger partial charge >= 0.3 is 0 Å². The van der Waals surface area contributed by atoms with Crippen LogP contribution in [0, 0.1) is 12.8 Å². The van der Waals surface area contributed by atoms with Gasteiger partial charge in [-0.25, -0.2) is 0 Å². The van der Waals surface area contributed by atoms with Crippen molar-refractivity contribution in [3.05, 3.63) is 29.3 Å². The Morgan fingerprint density at radius 1 is 1.37 bits per heavy atom. The summed E-state index contributed by atoms with van der Waals surface area (Å²) in [5.74, 6) is 1.21. The molecular formula is C16H26N2O. The first-order valence-corrected chi connectivity index (χ1v) is 7.35. The van der Waals surface area contributed by atoms with E-state index in [4.69, 9.17) is 5.73 Å². The van der Waals surface area contributed by atoms with Crippen molar-refractivity contribution in [1.29, 1.82) is 0 Å². The summed E-state index contributed by atoms with van der Waals surface area (Å²) >= 11 is 0. The number of piperidine rings is 1. The van der Waals surface area contributed by atoms with E-state index in [9.17, 15) is 5.11 Å². The van der Waals surface area contributed by atoms with E-state index >= 15 is 0 Å². The van der Waals surface area contributed by atoms with Gasteiger partial charge in [0.15, 0.2) is 0 Å². The number of likely N-dealkylation sites (tertiary alicyclic amines) is 1. The molecule has 0 bridgehead atoms. The molecule has 0 spiro atoms. The molecule has 0 amide bonds. The number of rotatable bonds is 4. The maximum absolute atomic E-state index is 10.0. The van der Waals surface area contributed by atoms with Gasteiger partial charge in [-0.2, -0.15) is 0 Å². The number of hydrogen-bond acceptors (Lipinski definition) is 3. The molecule has 0 aliphatic carbocycles. The molecule has 106 valence electrons. The molecular weight excluding hydrogens is 236 g/mol. The van der Waals surface area contributed by atoms with Crippen molar-refractivity contribution in [2.24, 2.45) is 11.7 Å². The monoisotopic (exact) mass is 262 g/mol. The summed E-state index contributed by atoms with van der Waals surface area (Å²) in [5, 5.41) is 10.0. The molecule has 0 saturated carbocycles. The molecule has 3 N–H and O–H groups in total. The van der Waals surface area contributed by atoms with Gasteiger partial charge in [0.05, 0.1) is 0 Å². The van der Waals surface area contributed by atoms with Gasteiger partial charge in [-0.15, -0.1) is 0 Å². The molecule has 2 rings (SSSR count). The topological polar surface area (TPSA) is 49.5 Å². The zero-order valence-electron chi connectivity index (χ0n) is 12.1. The molecule has 3 nitrogen and oxygen atoms in total. The highest BCUT2D eigenvalue weighted by atomic mass is 16.3. The lowest BCUT2D eigenvalue weighted by atomic mass is 9.91. The fourth-order valence-corrected chi connectivity index (χ4v) is 3.07. The Balaban J connectivity index is 2.01. The van der Waals surface area contributed by atoms with Crippen LogP contribution in [-0.4, -0.2) is 29.6 Å². The van der Waals surface area contributed by atoms with Gasteiger partial charge in [0.25, 0.3) is 0 Å². The second kappa shape index (κ2) is 6.40. The Bertz CT molecular complexity index is 411. The van der Waals surface area contributed by atoms with Gasteiger partial charge in [0, 0.05) is 11.6 Å². The summed E-state index contributed by atoms with van der Waals surface area (Å²) in [6.45, 7) is 7.29. The van der Waals surface area contributed by atoms with Crippen molar-refractivity contribution < 1.29 is 5.11 Å². The lowest BCUT2D eigenvalue weighted by Gasteiger charge is -2.36. The van der Waals surface area contributed by atoms with Crippen molar-refractivity contribution in [2.75, 3.05) is 19.6 Å². The predicted octanol–water partition coefficient (Wildman–Crippen LogP) is 2.82. The number of phenols is 1. The van der Waals surface area contributed by atoms with E-state index in [1.807, 2.05) is 12.1 Å². The van der Waals surface area contributed by atoms with E-state index in [1.165, 1.54) is 18.4 Å². The van der Waals surface area contributed by atoms with Crippen LogP contribution >= 0.6 is 0 Å². The summed E-state index contributed by atoms with van der Waals surface area (Å²) in [7, 11) is 0. The maximum Gasteiger partial charge on any atom is 0.120 e. The molecule has 1 aromatic rings. The molecule has 3 heteroatoms. The van der Waals surface area contributed by atoms with Crippen LogP contribution in [0.2, 0.25) is 0 Å². The molecule has 1 fully saturated rings. The minimum atomic E-state index is 0.290. The second-order valence-electron chi connectivity index (χ2n) is 5.79. The summed E-state index contributed by atoms with van der Waals surface area (Å²) in [6.07, 6.45) is 3.61. The summed E-state index contributed by atoms with van der Waals surface area (Å²) in [5.41, 5.74) is 7.89. The lowest BCUT2D eigenvalue weighted by Crippen LogP contribution is -2.36. The molecule has 0 radical (unpaired) electrons. The number of aryl methyl sites for hydroxylation is 1. The maximum atomic E-state index is 10.0. The van der Waals surface area contributed by atoms with Crippen molar-refractivity contribution >= 4 is 0 Å². The van der Waals surface area contributed by atoms with Crippen LogP contribution in [0.4, 0.5) is 0 Å². The number of benzene rings is 1. The summed E-state index contributed by atoms with van der Waals surface area (Å²) in [6, 6.07) is 6.16. The molecule has 1 saturated heterocycles. The Morgan fingerprint density at radius 3 is 2.68 bits per heavy atom. The summed E-state index contributed by atoms with van der Waals surface area (Å²) in [4.78, 5) is 2.47. The van der Waals surface area contributed by atoms with Crippen molar-refractivity contribution in [1.82, 2.24) is 4.90 Å². The van der Waals surface area contributed by atoms with Crippen LogP contribution < -0.4 is 5.73 Å². The van der Waals surface area contributed by atoms with Gasteiger partial charge < -0.3 is 10.8 Å². The molecule has 19 heavy (non-hydrogen) atoms. The smallest absolute Gasteiger partial charge is 0.120 e. The highest BCUT2D eigenvalue weighted by molar-refractivity contribution is 5.37. The SMILES string of the molecule is Cc1ccc(O)c(C(C)N2CCC(CCN)CC2)c1. The van der Waals surface area contributed by atoms with E-state index in [1.54, 1.807) is 0 Å². The second-order valence-corrected chi connectivity index (χ2v) is 5.79. The molecule has 1 aliphatic heterocycles. The van der Waals surface area contributed by atoms with E-state index < -0.39 is 0 Å². The van der Waals surface area contributed by atoms with E-state index in [2.05, 4.69) is 24.8 Å². The third-order valence-electron chi connectivity index (χ3n) is 4.40. The molecule has 1 aliphatic rings. The number of aromatic hydroxyl groups is 1. The van der Waals surface area contributed by atoms with Gasteiger partial charge in [-0.1, -0.05) is 17.7 Å². The fraction of sp³-hybridized carbons (Fsp3) is 0.625. The van der Waals surface area contributed by atoms with Crippen LogP contribution in [0.1, 0.15) is 43.4 Å². The van der Waals surface area contributed by atoms with E-state index in [0.29, 0.717) is 11.8 Å². The van der Waals surface area contributed by atoms with Crippen molar-refractivity contribution in [2.45, 2.75) is 39.2 Å². The van der Waals surface area contributed by atoms with Crippen LogP contribution in [0.3, 0.4) is 0 Å². The van der Waals surface area contributed by atoms with Crippen LogP contribution in [0.15, 0.2) is 18.2 Å². The first kappa shape index (κ1) is 14.4. The zero-order chi connectivity index (χ0) is 13.8. The Kier molecular flexibility index (Phi) is 4.83. The first-order chi connectivity index (χ1) is 9.11. The average molecular weight is 262 g/mol. The molecule has 1 heterocycles. The standard InChI is InChI=1S/C16H26N2O/c1-12-3-4-16(19)15(11-12)13(2)18-9-6-14(5-8-17)7-10-18/h3-4,11,13-14,19H,5-10,17H2,1-2H3. The van der Waals surface area contributed by atoms with Crippen LogP contribution in [-0.2, 0) is 0 Å². The van der Waals surface area contributed by atoms with E-state index in [-0.39, 0.29) is 0 Å². The van der Waals surface area contributed by atoms with Gasteiger partial charge in [0.2, 0.25) is 0 Å². The summed E-state index contributed by atoms with van der Waals surface area (Å²) < 4.78 is 0. The van der Waals surface area contributed by atoms with Crippen LogP contribution in [0.25, 0.3) is 0 Å². The van der Waals surface area contributed by atoms with E-state index in [0.717, 1.165) is 37.5 Å². The Morgan fingerprint density at radius 2 is 2.05 bits per heavy atom. The quantitative estimate of drug-likeness (QED) is 0.877. The number of nitrogens with zero attached hydrogens (tertiary/aromatic N) is 1. The molecule has 1 atom stereocenters. The highest BCUT2D eigenvalue weighted by Gasteiger charge is 2.24. The first-order valence-electron chi connectivity index (χ1n) is 7.35. The normalized spacial score (nSPS) is 19.5. The van der Waals surface area contributed by atoms with Gasteiger partial charge in [0.1, 0.15) is 5.75 Å². The third-order valence-corrected chi connectivity index (χ3v) is 4.40. The average Bonchev–Trinajstić information content (AvgIpc) is 2.42. The number of hydrogen-bond donors (Lipinski definition) is 2. The van der Waals surface area contributed by atoms with Gasteiger partial charge in [-0.05, 0) is 64.7 Å². The van der Waals surface area contributed by atoms with Crippen molar-refractivity contribution in [3.63, 3.8) is 0 Å². The van der Waals surface area contributed by atoms with Gasteiger partial charge in [-0.3, -0.25) is 4.90 Å². The predicted molar refractivity (Wildman–Crippen MR) is 79.2 cm³/mol. The Labute approximate surface area is 116 Å².